The molecule has 2 atom stereocenters. The standard InChI is InChI=1S/C23H17BrN2O4S/c1-12-10-15-11-14(4-7-17(15)30-12)20(27)18-19(13-2-5-16(24)6-3-13)26(22(29)21(18)28)23-25-8-9-31-23/h2-9,11-12,19,27H,10H2,1H3/b20-18+. The molecule has 1 aromatic heterocycles. The minimum atomic E-state index is -0.775. The number of anilines is 1. The molecule has 2 aliphatic heterocycles. The summed E-state index contributed by atoms with van der Waals surface area (Å²) in [4.78, 5) is 31.7. The molecule has 3 aromatic rings. The highest BCUT2D eigenvalue weighted by Gasteiger charge is 2.48. The van der Waals surface area contributed by atoms with Gasteiger partial charge >= 0.3 is 5.91 Å². The minimum Gasteiger partial charge on any atom is -0.507 e. The molecule has 1 saturated heterocycles. The van der Waals surface area contributed by atoms with E-state index >= 15 is 0 Å². The summed E-state index contributed by atoms with van der Waals surface area (Å²) in [5.74, 6) is -0.863. The lowest BCUT2D eigenvalue weighted by molar-refractivity contribution is -0.132. The van der Waals surface area contributed by atoms with E-state index in [0.29, 0.717) is 16.3 Å². The molecule has 0 bridgehead atoms. The molecule has 0 aliphatic carbocycles. The van der Waals surface area contributed by atoms with E-state index in [9.17, 15) is 14.7 Å². The Morgan fingerprint density at radius 2 is 2.00 bits per heavy atom. The number of aliphatic hydroxyl groups excluding tert-OH is 1. The SMILES string of the molecule is CC1Cc2cc(/C(O)=C3\C(=O)C(=O)N(c4nccs4)C3c3ccc(Br)cc3)ccc2O1. The molecule has 8 heteroatoms. The van der Waals surface area contributed by atoms with E-state index in [1.54, 1.807) is 23.7 Å². The van der Waals surface area contributed by atoms with Gasteiger partial charge in [-0.25, -0.2) is 4.98 Å². The lowest BCUT2D eigenvalue weighted by atomic mass is 9.94. The van der Waals surface area contributed by atoms with E-state index in [-0.39, 0.29) is 17.4 Å². The molecule has 2 aliphatic rings. The van der Waals surface area contributed by atoms with Gasteiger partial charge in [-0.15, -0.1) is 11.3 Å². The summed E-state index contributed by atoms with van der Waals surface area (Å²) in [5.41, 5.74) is 2.20. The van der Waals surface area contributed by atoms with Crippen molar-refractivity contribution in [3.8, 4) is 5.75 Å². The van der Waals surface area contributed by atoms with Gasteiger partial charge in [-0.1, -0.05) is 28.1 Å². The van der Waals surface area contributed by atoms with Crippen molar-refractivity contribution in [1.82, 2.24) is 4.98 Å². The van der Waals surface area contributed by atoms with Crippen molar-refractivity contribution in [1.29, 1.82) is 0 Å². The van der Waals surface area contributed by atoms with Gasteiger partial charge in [-0.3, -0.25) is 14.5 Å². The lowest BCUT2D eigenvalue weighted by Crippen LogP contribution is -2.29. The molecule has 2 unspecified atom stereocenters. The third-order valence-corrected chi connectivity index (χ3v) is 6.72. The van der Waals surface area contributed by atoms with Crippen LogP contribution in [0.2, 0.25) is 0 Å². The van der Waals surface area contributed by atoms with Crippen molar-refractivity contribution in [3.05, 3.63) is 80.8 Å². The Kier molecular flexibility index (Phi) is 4.91. The second kappa shape index (κ2) is 7.62. The van der Waals surface area contributed by atoms with Crippen LogP contribution in [0.5, 0.6) is 5.75 Å². The first-order valence-corrected chi connectivity index (χ1v) is 11.4. The Labute approximate surface area is 190 Å². The Morgan fingerprint density at radius 1 is 1.23 bits per heavy atom. The molecule has 6 nitrogen and oxygen atoms in total. The summed E-state index contributed by atoms with van der Waals surface area (Å²) in [6.45, 7) is 1.98. The number of hydrogen-bond donors (Lipinski definition) is 1. The highest BCUT2D eigenvalue weighted by molar-refractivity contribution is 9.10. The van der Waals surface area contributed by atoms with Crippen LogP contribution in [0, 0.1) is 0 Å². The molecule has 3 heterocycles. The number of carbonyl (C=O) groups is 2. The predicted molar refractivity (Wildman–Crippen MR) is 121 cm³/mol. The van der Waals surface area contributed by atoms with Crippen molar-refractivity contribution in [3.63, 3.8) is 0 Å². The van der Waals surface area contributed by atoms with E-state index in [4.69, 9.17) is 4.74 Å². The normalized spacial score (nSPS) is 21.9. The summed E-state index contributed by atoms with van der Waals surface area (Å²) in [6.07, 6.45) is 2.37. The third kappa shape index (κ3) is 3.36. The lowest BCUT2D eigenvalue weighted by Gasteiger charge is -2.23. The van der Waals surface area contributed by atoms with Crippen LogP contribution in [0.15, 0.2) is 64.1 Å². The van der Waals surface area contributed by atoms with Crippen molar-refractivity contribution in [2.24, 2.45) is 0 Å². The molecule has 156 valence electrons. The number of carbonyl (C=O) groups excluding carboxylic acids is 2. The van der Waals surface area contributed by atoms with Crippen LogP contribution < -0.4 is 9.64 Å². The van der Waals surface area contributed by atoms with Gasteiger partial charge in [0.15, 0.2) is 5.13 Å². The number of thiazole rings is 1. The van der Waals surface area contributed by atoms with E-state index in [1.807, 2.05) is 37.3 Å². The van der Waals surface area contributed by atoms with Crippen LogP contribution in [0.1, 0.15) is 29.7 Å². The van der Waals surface area contributed by atoms with E-state index in [1.165, 1.54) is 16.2 Å². The molecule has 0 radical (unpaired) electrons. The number of rotatable bonds is 3. The molecule has 2 aromatic carbocycles. The average Bonchev–Trinajstić information content (AvgIpc) is 3.46. The second-order valence-electron chi connectivity index (χ2n) is 7.49. The number of benzene rings is 2. The van der Waals surface area contributed by atoms with Crippen LogP contribution in [0.4, 0.5) is 5.13 Å². The summed E-state index contributed by atoms with van der Waals surface area (Å²) in [7, 11) is 0. The predicted octanol–water partition coefficient (Wildman–Crippen LogP) is 4.86. The van der Waals surface area contributed by atoms with Gasteiger partial charge in [0.25, 0.3) is 5.78 Å². The van der Waals surface area contributed by atoms with Crippen molar-refractivity contribution in [2.45, 2.75) is 25.5 Å². The van der Waals surface area contributed by atoms with Crippen molar-refractivity contribution >= 4 is 49.8 Å². The van der Waals surface area contributed by atoms with Gasteiger partial charge in [-0.2, -0.15) is 0 Å². The molecule has 1 amide bonds. The fraction of sp³-hybridized carbons (Fsp3) is 0.174. The van der Waals surface area contributed by atoms with Gasteiger partial charge in [0.05, 0.1) is 11.6 Å². The largest absolute Gasteiger partial charge is 0.507 e. The zero-order chi connectivity index (χ0) is 21.7. The average molecular weight is 497 g/mol. The van der Waals surface area contributed by atoms with E-state index in [2.05, 4.69) is 20.9 Å². The Hall–Kier alpha value is -2.97. The van der Waals surface area contributed by atoms with Gasteiger partial charge < -0.3 is 9.84 Å². The fourth-order valence-corrected chi connectivity index (χ4v) is 4.98. The van der Waals surface area contributed by atoms with Crippen molar-refractivity contribution < 1.29 is 19.4 Å². The third-order valence-electron chi connectivity index (χ3n) is 5.42. The van der Waals surface area contributed by atoms with Crippen LogP contribution >= 0.6 is 27.3 Å². The van der Waals surface area contributed by atoms with E-state index < -0.39 is 17.7 Å². The van der Waals surface area contributed by atoms with Gasteiger partial charge in [-0.05, 0) is 48.4 Å². The molecular weight excluding hydrogens is 480 g/mol. The zero-order valence-corrected chi connectivity index (χ0v) is 18.8. The fourth-order valence-electron chi connectivity index (χ4n) is 4.05. The van der Waals surface area contributed by atoms with Crippen LogP contribution in [0.3, 0.4) is 0 Å². The number of nitrogens with zero attached hydrogens (tertiary/aromatic N) is 2. The number of halogens is 1. The first-order valence-electron chi connectivity index (χ1n) is 9.70. The van der Waals surface area contributed by atoms with E-state index in [0.717, 1.165) is 22.2 Å². The maximum Gasteiger partial charge on any atom is 0.301 e. The maximum absolute atomic E-state index is 13.1. The smallest absolute Gasteiger partial charge is 0.301 e. The molecule has 5 rings (SSSR count). The molecule has 1 N–H and O–H groups in total. The Bertz CT molecular complexity index is 1220. The van der Waals surface area contributed by atoms with Gasteiger partial charge in [0.1, 0.15) is 17.6 Å². The maximum atomic E-state index is 13.1. The number of Topliss-reactive ketones (excluding diaryl/α,β-unsaturated/α-hetero) is 1. The molecule has 1 fully saturated rings. The summed E-state index contributed by atoms with van der Waals surface area (Å²) in [6, 6.07) is 11.9. The number of hydrogen-bond acceptors (Lipinski definition) is 6. The highest BCUT2D eigenvalue weighted by atomic mass is 79.9. The number of aromatic nitrogens is 1. The topological polar surface area (TPSA) is 79.7 Å². The number of amides is 1. The van der Waals surface area contributed by atoms with Crippen LogP contribution in [-0.4, -0.2) is 27.9 Å². The van der Waals surface area contributed by atoms with Gasteiger partial charge in [0, 0.05) is 28.0 Å². The van der Waals surface area contributed by atoms with Crippen LogP contribution in [0.25, 0.3) is 5.76 Å². The summed E-state index contributed by atoms with van der Waals surface area (Å²) in [5, 5.41) is 13.4. The summed E-state index contributed by atoms with van der Waals surface area (Å²) >= 11 is 4.68. The molecule has 31 heavy (non-hydrogen) atoms. The number of ether oxygens (including phenoxy) is 1. The minimum absolute atomic E-state index is 0.0504. The Morgan fingerprint density at radius 3 is 2.71 bits per heavy atom. The van der Waals surface area contributed by atoms with Crippen molar-refractivity contribution in [2.75, 3.05) is 4.90 Å². The molecular formula is C23H17BrN2O4S. The number of fused-ring (bicyclic) bond motifs is 1. The number of ketones is 1. The van der Waals surface area contributed by atoms with Crippen LogP contribution in [-0.2, 0) is 16.0 Å². The second-order valence-corrected chi connectivity index (χ2v) is 9.28. The monoisotopic (exact) mass is 496 g/mol. The zero-order valence-electron chi connectivity index (χ0n) is 16.4. The highest BCUT2D eigenvalue weighted by Crippen LogP contribution is 2.43. The quantitative estimate of drug-likeness (QED) is 0.318. The first-order chi connectivity index (χ1) is 14.9. The Balaban J connectivity index is 1.68. The number of aliphatic hydroxyl groups is 1. The molecule has 0 saturated carbocycles. The van der Waals surface area contributed by atoms with Gasteiger partial charge in [0.2, 0.25) is 0 Å². The molecule has 0 spiro atoms. The summed E-state index contributed by atoms with van der Waals surface area (Å²) < 4.78 is 6.61. The first kappa shape index (κ1) is 20.0.